The Morgan fingerprint density at radius 3 is 2.25 bits per heavy atom. The second-order valence-corrected chi connectivity index (χ2v) is 3.59. The molecule has 0 bridgehead atoms. The lowest BCUT2D eigenvalue weighted by molar-refractivity contribution is -0.275. The van der Waals surface area contributed by atoms with Gasteiger partial charge in [0.25, 0.3) is 0 Å². The second-order valence-electron chi connectivity index (χ2n) is 3.59. The minimum absolute atomic E-state index is 0.0294. The van der Waals surface area contributed by atoms with Gasteiger partial charge in [0.1, 0.15) is 5.82 Å². The third-order valence-electron chi connectivity index (χ3n) is 2.03. The standard InChI is InChI=1S/C11H9F3N4O2/c12-11(13,14)20-7-4-2-1-3-6(7)19-9-5-8(15)17-10(16)18-9/h1-5H,(H4,15,16,17,18). The lowest BCUT2D eigenvalue weighted by Gasteiger charge is -2.13. The Labute approximate surface area is 111 Å². The summed E-state index contributed by atoms with van der Waals surface area (Å²) in [6.45, 7) is 0. The van der Waals surface area contributed by atoms with Gasteiger partial charge in [0.2, 0.25) is 11.8 Å². The molecule has 6 nitrogen and oxygen atoms in total. The van der Waals surface area contributed by atoms with Gasteiger partial charge in [0, 0.05) is 6.07 Å². The fourth-order valence-corrected chi connectivity index (χ4v) is 1.37. The third-order valence-corrected chi connectivity index (χ3v) is 2.03. The summed E-state index contributed by atoms with van der Waals surface area (Å²) < 4.78 is 45.8. The van der Waals surface area contributed by atoms with Gasteiger partial charge in [-0.15, -0.1) is 13.2 Å². The molecule has 0 aliphatic heterocycles. The van der Waals surface area contributed by atoms with Crippen molar-refractivity contribution in [3.8, 4) is 17.4 Å². The van der Waals surface area contributed by atoms with Crippen molar-refractivity contribution in [2.75, 3.05) is 11.5 Å². The van der Waals surface area contributed by atoms with Crippen LogP contribution in [-0.2, 0) is 0 Å². The number of alkyl halides is 3. The molecule has 0 saturated heterocycles. The Balaban J connectivity index is 2.29. The molecule has 0 atom stereocenters. The van der Waals surface area contributed by atoms with Crippen molar-refractivity contribution in [2.24, 2.45) is 0 Å². The first kappa shape index (κ1) is 13.7. The van der Waals surface area contributed by atoms with Gasteiger partial charge in [0.15, 0.2) is 11.5 Å². The van der Waals surface area contributed by atoms with E-state index in [0.29, 0.717) is 0 Å². The van der Waals surface area contributed by atoms with Crippen LogP contribution in [0.5, 0.6) is 17.4 Å². The molecule has 9 heteroatoms. The quantitative estimate of drug-likeness (QED) is 0.898. The summed E-state index contributed by atoms with van der Waals surface area (Å²) in [6.07, 6.45) is -4.83. The van der Waals surface area contributed by atoms with Gasteiger partial charge < -0.3 is 20.9 Å². The molecule has 20 heavy (non-hydrogen) atoms. The van der Waals surface area contributed by atoms with Gasteiger partial charge in [-0.05, 0) is 12.1 Å². The van der Waals surface area contributed by atoms with Crippen molar-refractivity contribution in [1.29, 1.82) is 0 Å². The van der Waals surface area contributed by atoms with Gasteiger partial charge in [-0.25, -0.2) is 0 Å². The molecule has 4 N–H and O–H groups in total. The average molecular weight is 286 g/mol. The van der Waals surface area contributed by atoms with E-state index in [1.165, 1.54) is 24.3 Å². The summed E-state index contributed by atoms with van der Waals surface area (Å²) in [5.74, 6) is -0.901. The monoisotopic (exact) mass is 286 g/mol. The van der Waals surface area contributed by atoms with E-state index < -0.39 is 12.1 Å². The molecule has 2 rings (SSSR count). The van der Waals surface area contributed by atoms with E-state index in [0.717, 1.165) is 6.07 Å². The Hall–Kier alpha value is -2.71. The molecular formula is C11H9F3N4O2. The van der Waals surface area contributed by atoms with Crippen molar-refractivity contribution in [3.05, 3.63) is 30.3 Å². The average Bonchev–Trinajstić information content (AvgIpc) is 2.28. The van der Waals surface area contributed by atoms with Crippen LogP contribution in [0.4, 0.5) is 24.9 Å². The van der Waals surface area contributed by atoms with Crippen LogP contribution in [0.15, 0.2) is 30.3 Å². The smallest absolute Gasteiger partial charge is 0.435 e. The van der Waals surface area contributed by atoms with Crippen LogP contribution in [0.25, 0.3) is 0 Å². The molecule has 0 radical (unpaired) electrons. The zero-order valence-electron chi connectivity index (χ0n) is 9.89. The van der Waals surface area contributed by atoms with Crippen LogP contribution in [0.1, 0.15) is 0 Å². The van der Waals surface area contributed by atoms with Crippen molar-refractivity contribution in [1.82, 2.24) is 9.97 Å². The predicted molar refractivity (Wildman–Crippen MR) is 64.1 cm³/mol. The number of halogens is 3. The lowest BCUT2D eigenvalue weighted by Crippen LogP contribution is -2.17. The third kappa shape index (κ3) is 3.64. The molecule has 0 amide bonds. The minimum Gasteiger partial charge on any atom is -0.435 e. The normalized spacial score (nSPS) is 11.2. The topological polar surface area (TPSA) is 96.3 Å². The number of ether oxygens (including phenoxy) is 2. The molecule has 106 valence electrons. The Bertz CT molecular complexity index is 599. The van der Waals surface area contributed by atoms with Crippen molar-refractivity contribution in [2.45, 2.75) is 6.36 Å². The van der Waals surface area contributed by atoms with Crippen LogP contribution >= 0.6 is 0 Å². The van der Waals surface area contributed by atoms with E-state index in [9.17, 15) is 13.2 Å². The molecule has 0 aliphatic rings. The summed E-state index contributed by atoms with van der Waals surface area (Å²) in [6, 6.07) is 6.47. The minimum atomic E-state index is -4.83. The number of rotatable bonds is 3. The van der Waals surface area contributed by atoms with E-state index in [2.05, 4.69) is 14.7 Å². The number of hydrogen-bond donors (Lipinski definition) is 2. The number of anilines is 2. The van der Waals surface area contributed by atoms with Gasteiger partial charge in [-0.3, -0.25) is 0 Å². The maximum atomic E-state index is 12.2. The highest BCUT2D eigenvalue weighted by Gasteiger charge is 2.32. The highest BCUT2D eigenvalue weighted by molar-refractivity contribution is 5.44. The number of nitrogens with zero attached hydrogens (tertiary/aromatic N) is 2. The Morgan fingerprint density at radius 1 is 1.00 bits per heavy atom. The molecule has 2 aromatic rings. The fraction of sp³-hybridized carbons (Fsp3) is 0.0909. The zero-order chi connectivity index (χ0) is 14.8. The maximum absolute atomic E-state index is 12.2. The molecule has 0 unspecified atom stereocenters. The van der Waals surface area contributed by atoms with E-state index in [1.54, 1.807) is 0 Å². The molecule has 0 fully saturated rings. The van der Waals surface area contributed by atoms with Gasteiger partial charge >= 0.3 is 6.36 Å². The molecule has 1 aromatic heterocycles. The SMILES string of the molecule is Nc1cc(Oc2ccccc2OC(F)(F)F)nc(N)n1. The number of hydrogen-bond acceptors (Lipinski definition) is 6. The summed E-state index contributed by atoms with van der Waals surface area (Å²) in [4.78, 5) is 7.31. The first-order valence-electron chi connectivity index (χ1n) is 5.26. The second kappa shape index (κ2) is 5.11. The molecule has 0 saturated carbocycles. The number of nitrogen functional groups attached to an aromatic ring is 2. The summed E-state index contributed by atoms with van der Waals surface area (Å²) in [5, 5.41) is 0. The van der Waals surface area contributed by atoms with Crippen LogP contribution in [0, 0.1) is 0 Å². The van der Waals surface area contributed by atoms with Crippen LogP contribution in [0.3, 0.4) is 0 Å². The van der Waals surface area contributed by atoms with Crippen molar-refractivity contribution >= 4 is 11.8 Å². The highest BCUT2D eigenvalue weighted by Crippen LogP contribution is 2.34. The zero-order valence-corrected chi connectivity index (χ0v) is 9.89. The van der Waals surface area contributed by atoms with Gasteiger partial charge in [-0.1, -0.05) is 12.1 Å². The number of nitrogens with two attached hydrogens (primary N) is 2. The maximum Gasteiger partial charge on any atom is 0.573 e. The Kier molecular flexibility index (Phi) is 3.51. The summed E-state index contributed by atoms with van der Waals surface area (Å²) in [5.41, 5.74) is 10.8. The number of benzene rings is 1. The molecule has 0 aliphatic carbocycles. The van der Waals surface area contributed by atoms with Crippen molar-refractivity contribution in [3.63, 3.8) is 0 Å². The first-order valence-corrected chi connectivity index (χ1v) is 5.26. The van der Waals surface area contributed by atoms with Gasteiger partial charge in [-0.2, -0.15) is 9.97 Å². The summed E-state index contributed by atoms with van der Waals surface area (Å²) in [7, 11) is 0. The first-order chi connectivity index (χ1) is 9.33. The predicted octanol–water partition coefficient (Wildman–Crippen LogP) is 2.33. The fourth-order valence-electron chi connectivity index (χ4n) is 1.37. The molecule has 1 heterocycles. The highest BCUT2D eigenvalue weighted by atomic mass is 19.4. The molecular weight excluding hydrogens is 277 g/mol. The van der Waals surface area contributed by atoms with Crippen molar-refractivity contribution < 1.29 is 22.6 Å². The Morgan fingerprint density at radius 2 is 1.65 bits per heavy atom. The van der Waals surface area contributed by atoms with E-state index >= 15 is 0 Å². The lowest BCUT2D eigenvalue weighted by atomic mass is 10.3. The van der Waals surface area contributed by atoms with E-state index in [1.807, 2.05) is 0 Å². The van der Waals surface area contributed by atoms with Gasteiger partial charge in [0.05, 0.1) is 0 Å². The van der Waals surface area contributed by atoms with Crippen LogP contribution < -0.4 is 20.9 Å². The van der Waals surface area contributed by atoms with Crippen LogP contribution in [0.2, 0.25) is 0 Å². The molecule has 0 spiro atoms. The molecule has 1 aromatic carbocycles. The van der Waals surface area contributed by atoms with E-state index in [4.69, 9.17) is 16.2 Å². The number of para-hydroxylation sites is 2. The summed E-state index contributed by atoms with van der Waals surface area (Å²) >= 11 is 0. The largest absolute Gasteiger partial charge is 0.573 e. The van der Waals surface area contributed by atoms with E-state index in [-0.39, 0.29) is 23.4 Å². The van der Waals surface area contributed by atoms with Crippen LogP contribution in [-0.4, -0.2) is 16.3 Å². The number of aromatic nitrogens is 2.